The van der Waals surface area contributed by atoms with Crippen LogP contribution < -0.4 is 0 Å². The molecule has 0 bridgehead atoms. The Bertz CT molecular complexity index is 80.0. The molecule has 0 unspecified atom stereocenters. The first kappa shape index (κ1) is 8.74. The fourth-order valence-corrected chi connectivity index (χ4v) is 0.734. The Labute approximate surface area is 59.0 Å². The van der Waals surface area contributed by atoms with E-state index in [0.717, 1.165) is 0 Å². The molecule has 0 radical (unpaired) electrons. The SMILES string of the molecule is C=CC(C)(C)CCCC. The van der Waals surface area contributed by atoms with E-state index in [2.05, 4.69) is 27.4 Å². The summed E-state index contributed by atoms with van der Waals surface area (Å²) in [5, 5.41) is 0. The maximum absolute atomic E-state index is 3.79. The summed E-state index contributed by atoms with van der Waals surface area (Å²) in [7, 11) is 0. The first-order valence-corrected chi connectivity index (χ1v) is 3.76. The predicted molar refractivity (Wildman–Crippen MR) is 43.5 cm³/mol. The summed E-state index contributed by atoms with van der Waals surface area (Å²) in [4.78, 5) is 0. The van der Waals surface area contributed by atoms with Gasteiger partial charge in [0.15, 0.2) is 0 Å². The quantitative estimate of drug-likeness (QED) is 0.506. The number of hydrogen-bond acceptors (Lipinski definition) is 0. The average Bonchev–Trinajstić information content (AvgIpc) is 1.84. The van der Waals surface area contributed by atoms with Gasteiger partial charge in [-0.25, -0.2) is 0 Å². The maximum atomic E-state index is 3.79. The van der Waals surface area contributed by atoms with Gasteiger partial charge in [0, 0.05) is 0 Å². The van der Waals surface area contributed by atoms with Gasteiger partial charge in [-0.15, -0.1) is 6.58 Å². The smallest absolute Gasteiger partial charge is 0.0178 e. The van der Waals surface area contributed by atoms with Gasteiger partial charge in [0.2, 0.25) is 0 Å². The fourth-order valence-electron chi connectivity index (χ4n) is 0.734. The zero-order valence-corrected chi connectivity index (χ0v) is 6.91. The van der Waals surface area contributed by atoms with E-state index < -0.39 is 0 Å². The number of unbranched alkanes of at least 4 members (excludes halogenated alkanes) is 1. The van der Waals surface area contributed by atoms with Crippen molar-refractivity contribution in [2.75, 3.05) is 0 Å². The monoisotopic (exact) mass is 126 g/mol. The highest BCUT2D eigenvalue weighted by Crippen LogP contribution is 2.23. The van der Waals surface area contributed by atoms with Crippen LogP contribution in [0.15, 0.2) is 12.7 Å². The van der Waals surface area contributed by atoms with Gasteiger partial charge < -0.3 is 0 Å². The van der Waals surface area contributed by atoms with Crippen molar-refractivity contribution in [3.8, 4) is 0 Å². The molecule has 0 heteroatoms. The van der Waals surface area contributed by atoms with Crippen LogP contribution in [0.25, 0.3) is 0 Å². The van der Waals surface area contributed by atoms with Crippen molar-refractivity contribution in [1.82, 2.24) is 0 Å². The van der Waals surface area contributed by atoms with Crippen LogP contribution in [0.3, 0.4) is 0 Å². The summed E-state index contributed by atoms with van der Waals surface area (Å²) >= 11 is 0. The Morgan fingerprint density at radius 3 is 2.33 bits per heavy atom. The van der Waals surface area contributed by atoms with Gasteiger partial charge >= 0.3 is 0 Å². The first-order chi connectivity index (χ1) is 4.12. The predicted octanol–water partition coefficient (Wildman–Crippen LogP) is 3.39. The first-order valence-electron chi connectivity index (χ1n) is 3.76. The lowest BCUT2D eigenvalue weighted by molar-refractivity contribution is 0.420. The average molecular weight is 126 g/mol. The Hall–Kier alpha value is -0.260. The molecule has 0 aliphatic carbocycles. The Morgan fingerprint density at radius 2 is 2.00 bits per heavy atom. The minimum atomic E-state index is 0.357. The molecule has 0 saturated carbocycles. The van der Waals surface area contributed by atoms with Gasteiger partial charge in [0.05, 0.1) is 0 Å². The molecular weight excluding hydrogens is 108 g/mol. The molecule has 0 fully saturated rings. The normalized spacial score (nSPS) is 11.4. The Balaban J connectivity index is 3.45. The van der Waals surface area contributed by atoms with E-state index in [9.17, 15) is 0 Å². The van der Waals surface area contributed by atoms with Crippen LogP contribution in [-0.2, 0) is 0 Å². The molecule has 0 aromatic rings. The van der Waals surface area contributed by atoms with Gasteiger partial charge in [-0.3, -0.25) is 0 Å². The molecule has 0 atom stereocenters. The standard InChI is InChI=1S/C9H18/c1-5-7-8-9(3,4)6-2/h6H,2,5,7-8H2,1,3-4H3. The Kier molecular flexibility index (Phi) is 3.60. The third kappa shape index (κ3) is 4.26. The van der Waals surface area contributed by atoms with Gasteiger partial charge in [0.1, 0.15) is 0 Å². The molecule has 0 heterocycles. The number of hydrogen-bond donors (Lipinski definition) is 0. The highest BCUT2D eigenvalue weighted by molar-refractivity contribution is 4.86. The van der Waals surface area contributed by atoms with Crippen molar-refractivity contribution in [2.24, 2.45) is 5.41 Å². The van der Waals surface area contributed by atoms with E-state index in [4.69, 9.17) is 0 Å². The zero-order chi connectivity index (χ0) is 7.33. The molecule has 0 aliphatic rings. The molecular formula is C9H18. The second-order valence-electron chi connectivity index (χ2n) is 3.30. The van der Waals surface area contributed by atoms with Crippen LogP contribution in [0.4, 0.5) is 0 Å². The summed E-state index contributed by atoms with van der Waals surface area (Å²) in [6.07, 6.45) is 5.92. The number of rotatable bonds is 4. The van der Waals surface area contributed by atoms with Crippen molar-refractivity contribution >= 4 is 0 Å². The minimum absolute atomic E-state index is 0.357. The van der Waals surface area contributed by atoms with Gasteiger partial charge in [-0.05, 0) is 11.8 Å². The molecule has 0 saturated heterocycles. The van der Waals surface area contributed by atoms with Crippen LogP contribution in [0.5, 0.6) is 0 Å². The molecule has 0 N–H and O–H groups in total. The molecule has 0 aromatic carbocycles. The van der Waals surface area contributed by atoms with Gasteiger partial charge in [-0.2, -0.15) is 0 Å². The van der Waals surface area contributed by atoms with Crippen molar-refractivity contribution in [2.45, 2.75) is 40.0 Å². The van der Waals surface area contributed by atoms with Crippen LogP contribution in [0.1, 0.15) is 40.0 Å². The largest absolute Gasteiger partial charge is 0.103 e. The fraction of sp³-hybridized carbons (Fsp3) is 0.778. The second-order valence-corrected chi connectivity index (χ2v) is 3.30. The van der Waals surface area contributed by atoms with E-state index in [0.29, 0.717) is 5.41 Å². The molecule has 0 amide bonds. The summed E-state index contributed by atoms with van der Waals surface area (Å²) in [6.45, 7) is 10.5. The summed E-state index contributed by atoms with van der Waals surface area (Å²) in [6, 6.07) is 0. The lowest BCUT2D eigenvalue weighted by Crippen LogP contribution is -2.05. The lowest BCUT2D eigenvalue weighted by Gasteiger charge is -2.18. The lowest BCUT2D eigenvalue weighted by atomic mass is 9.88. The van der Waals surface area contributed by atoms with E-state index in [1.165, 1.54) is 19.3 Å². The van der Waals surface area contributed by atoms with Crippen LogP contribution >= 0.6 is 0 Å². The summed E-state index contributed by atoms with van der Waals surface area (Å²) in [5.74, 6) is 0. The van der Waals surface area contributed by atoms with E-state index in [1.54, 1.807) is 0 Å². The van der Waals surface area contributed by atoms with E-state index in [1.807, 2.05) is 6.08 Å². The van der Waals surface area contributed by atoms with Crippen molar-refractivity contribution in [3.63, 3.8) is 0 Å². The molecule has 0 spiro atoms. The highest BCUT2D eigenvalue weighted by Gasteiger charge is 2.10. The van der Waals surface area contributed by atoms with Crippen LogP contribution in [-0.4, -0.2) is 0 Å². The third-order valence-electron chi connectivity index (χ3n) is 1.73. The third-order valence-corrected chi connectivity index (χ3v) is 1.73. The van der Waals surface area contributed by atoms with E-state index >= 15 is 0 Å². The molecule has 0 nitrogen and oxygen atoms in total. The topological polar surface area (TPSA) is 0 Å². The van der Waals surface area contributed by atoms with Crippen molar-refractivity contribution in [1.29, 1.82) is 0 Å². The van der Waals surface area contributed by atoms with Crippen molar-refractivity contribution in [3.05, 3.63) is 12.7 Å². The minimum Gasteiger partial charge on any atom is -0.103 e. The van der Waals surface area contributed by atoms with E-state index in [-0.39, 0.29) is 0 Å². The van der Waals surface area contributed by atoms with Crippen molar-refractivity contribution < 1.29 is 0 Å². The Morgan fingerprint density at radius 1 is 1.44 bits per heavy atom. The molecule has 0 aromatic heterocycles. The van der Waals surface area contributed by atoms with Crippen LogP contribution in [0, 0.1) is 5.41 Å². The highest BCUT2D eigenvalue weighted by atomic mass is 14.2. The summed E-state index contributed by atoms with van der Waals surface area (Å²) in [5.41, 5.74) is 0.357. The summed E-state index contributed by atoms with van der Waals surface area (Å²) < 4.78 is 0. The molecule has 9 heavy (non-hydrogen) atoms. The molecule has 0 aliphatic heterocycles. The van der Waals surface area contributed by atoms with Crippen LogP contribution in [0.2, 0.25) is 0 Å². The van der Waals surface area contributed by atoms with Gasteiger partial charge in [-0.1, -0.05) is 39.7 Å². The zero-order valence-electron chi connectivity index (χ0n) is 6.91. The molecule has 54 valence electrons. The molecule has 0 rings (SSSR count). The second kappa shape index (κ2) is 3.71. The number of allylic oxidation sites excluding steroid dienone is 1. The maximum Gasteiger partial charge on any atom is -0.0178 e. The van der Waals surface area contributed by atoms with Gasteiger partial charge in [0.25, 0.3) is 0 Å².